The molecule has 0 amide bonds. The summed E-state index contributed by atoms with van der Waals surface area (Å²) >= 11 is 0. The van der Waals surface area contributed by atoms with Crippen molar-refractivity contribution in [2.75, 3.05) is 0 Å². The van der Waals surface area contributed by atoms with E-state index in [-0.39, 0.29) is 23.5 Å². The average Bonchev–Trinajstić information content (AvgIpc) is 2.16. The molecule has 14 heavy (non-hydrogen) atoms. The number of hydrogen-bond donors (Lipinski definition) is 0. The fourth-order valence-electron chi connectivity index (χ4n) is 1.22. The van der Waals surface area contributed by atoms with Crippen molar-refractivity contribution in [3.8, 4) is 0 Å². The van der Waals surface area contributed by atoms with Crippen molar-refractivity contribution in [3.63, 3.8) is 0 Å². The Kier molecular flexibility index (Phi) is 2.96. The molecule has 0 saturated carbocycles. The van der Waals surface area contributed by atoms with Gasteiger partial charge >= 0.3 is 0 Å². The number of Topliss-reactive ketones (excluding diaryl/α,β-unsaturated/α-hetero) is 1. The largest absolute Gasteiger partial charge is 0.294 e. The Morgan fingerprint density at radius 3 is 2.64 bits per heavy atom. The van der Waals surface area contributed by atoms with Gasteiger partial charge in [-0.1, -0.05) is 13.0 Å². The third-order valence-electron chi connectivity index (χ3n) is 1.97. The number of aryl methyl sites for hydroxylation is 1. The smallest absolute Gasteiger partial charge is 0.280 e. The van der Waals surface area contributed by atoms with Crippen molar-refractivity contribution < 1.29 is 9.72 Å². The van der Waals surface area contributed by atoms with Gasteiger partial charge in [0.2, 0.25) is 0 Å². The van der Waals surface area contributed by atoms with Crippen molar-refractivity contribution in [2.45, 2.75) is 20.3 Å². The summed E-state index contributed by atoms with van der Waals surface area (Å²) in [5, 5.41) is 10.6. The van der Waals surface area contributed by atoms with Gasteiger partial charge in [0, 0.05) is 12.5 Å². The lowest BCUT2D eigenvalue weighted by molar-refractivity contribution is -0.385. The van der Waals surface area contributed by atoms with E-state index < -0.39 is 4.92 Å². The number of carbonyl (C=O) groups excluding carboxylic acids is 1. The van der Waals surface area contributed by atoms with Crippen LogP contribution in [0.3, 0.4) is 0 Å². The van der Waals surface area contributed by atoms with Gasteiger partial charge in [-0.25, -0.2) is 0 Å². The van der Waals surface area contributed by atoms with Crippen molar-refractivity contribution >= 4 is 11.5 Å². The van der Waals surface area contributed by atoms with E-state index in [0.717, 1.165) is 5.56 Å². The molecule has 1 aromatic rings. The summed E-state index contributed by atoms with van der Waals surface area (Å²) < 4.78 is 0. The van der Waals surface area contributed by atoms with E-state index in [1.807, 2.05) is 0 Å². The molecule has 1 rings (SSSR count). The van der Waals surface area contributed by atoms with E-state index in [0.29, 0.717) is 0 Å². The molecule has 0 radical (unpaired) electrons. The number of carbonyl (C=O) groups is 1. The Balaban J connectivity index is 3.29. The number of nitrogens with zero attached hydrogens (tertiary/aromatic N) is 1. The molecule has 0 bridgehead atoms. The maximum atomic E-state index is 11.4. The molecule has 74 valence electrons. The Hall–Kier alpha value is -1.71. The van der Waals surface area contributed by atoms with Gasteiger partial charge in [-0.3, -0.25) is 14.9 Å². The summed E-state index contributed by atoms with van der Waals surface area (Å²) in [6, 6.07) is 4.56. The molecule has 0 aliphatic rings. The maximum absolute atomic E-state index is 11.4. The SMILES string of the molecule is CCC(=O)c1cc(C)ccc1[N+](=O)[O-]. The second-order valence-electron chi connectivity index (χ2n) is 3.05. The second-order valence-corrected chi connectivity index (χ2v) is 3.05. The van der Waals surface area contributed by atoms with E-state index in [2.05, 4.69) is 0 Å². The first kappa shape index (κ1) is 10.4. The minimum Gasteiger partial charge on any atom is -0.294 e. The molecule has 4 heteroatoms. The van der Waals surface area contributed by atoms with Gasteiger partial charge in [-0.2, -0.15) is 0 Å². The summed E-state index contributed by atoms with van der Waals surface area (Å²) in [7, 11) is 0. The molecule has 0 spiro atoms. The summed E-state index contributed by atoms with van der Waals surface area (Å²) in [6.45, 7) is 3.49. The third-order valence-corrected chi connectivity index (χ3v) is 1.97. The molecule has 0 aliphatic heterocycles. The monoisotopic (exact) mass is 193 g/mol. The average molecular weight is 193 g/mol. The Morgan fingerprint density at radius 2 is 2.14 bits per heavy atom. The molecule has 0 N–H and O–H groups in total. The fourth-order valence-corrected chi connectivity index (χ4v) is 1.22. The minimum atomic E-state index is -0.525. The molecule has 0 heterocycles. The zero-order chi connectivity index (χ0) is 10.7. The molecule has 0 aliphatic carbocycles. The molecule has 0 unspecified atom stereocenters. The predicted molar refractivity (Wildman–Crippen MR) is 52.5 cm³/mol. The number of rotatable bonds is 3. The second kappa shape index (κ2) is 4.00. The highest BCUT2D eigenvalue weighted by molar-refractivity contribution is 5.99. The molecule has 0 saturated heterocycles. The van der Waals surface area contributed by atoms with Crippen LogP contribution in [0.15, 0.2) is 18.2 Å². The molecule has 0 fully saturated rings. The van der Waals surface area contributed by atoms with Crippen LogP contribution in [-0.4, -0.2) is 10.7 Å². The Labute approximate surface area is 81.7 Å². The van der Waals surface area contributed by atoms with Crippen LogP contribution >= 0.6 is 0 Å². The van der Waals surface area contributed by atoms with E-state index in [1.165, 1.54) is 6.07 Å². The Morgan fingerprint density at radius 1 is 1.50 bits per heavy atom. The Bertz CT molecular complexity index is 385. The van der Waals surface area contributed by atoms with Crippen LogP contribution in [-0.2, 0) is 0 Å². The first-order chi connectivity index (χ1) is 6.56. The highest BCUT2D eigenvalue weighted by Gasteiger charge is 2.18. The normalized spacial score (nSPS) is 9.86. The number of nitro groups is 1. The highest BCUT2D eigenvalue weighted by Crippen LogP contribution is 2.21. The van der Waals surface area contributed by atoms with Crippen LogP contribution in [0.25, 0.3) is 0 Å². The van der Waals surface area contributed by atoms with Crippen molar-refractivity contribution in [1.82, 2.24) is 0 Å². The fraction of sp³-hybridized carbons (Fsp3) is 0.300. The third kappa shape index (κ3) is 1.96. The lowest BCUT2D eigenvalue weighted by atomic mass is 10.0. The first-order valence-corrected chi connectivity index (χ1v) is 4.34. The van der Waals surface area contributed by atoms with E-state index in [4.69, 9.17) is 0 Å². The predicted octanol–water partition coefficient (Wildman–Crippen LogP) is 2.50. The van der Waals surface area contributed by atoms with Crippen LogP contribution in [0.5, 0.6) is 0 Å². The van der Waals surface area contributed by atoms with Crippen LogP contribution in [0.2, 0.25) is 0 Å². The molecular weight excluding hydrogens is 182 g/mol. The van der Waals surface area contributed by atoms with E-state index in [1.54, 1.807) is 26.0 Å². The van der Waals surface area contributed by atoms with Gasteiger partial charge in [0.15, 0.2) is 5.78 Å². The molecule has 4 nitrogen and oxygen atoms in total. The lowest BCUT2D eigenvalue weighted by Gasteiger charge is -2.01. The van der Waals surface area contributed by atoms with Gasteiger partial charge < -0.3 is 0 Å². The van der Waals surface area contributed by atoms with Gasteiger partial charge in [-0.15, -0.1) is 0 Å². The molecule has 0 atom stereocenters. The summed E-state index contributed by atoms with van der Waals surface area (Å²) in [5.41, 5.74) is 0.951. The number of nitro benzene ring substituents is 1. The summed E-state index contributed by atoms with van der Waals surface area (Å²) in [5.74, 6) is -0.194. The number of benzene rings is 1. The molecule has 1 aromatic carbocycles. The van der Waals surface area contributed by atoms with Gasteiger partial charge in [0.25, 0.3) is 5.69 Å². The quantitative estimate of drug-likeness (QED) is 0.421. The summed E-state index contributed by atoms with van der Waals surface area (Å²) in [4.78, 5) is 21.5. The first-order valence-electron chi connectivity index (χ1n) is 4.34. The topological polar surface area (TPSA) is 60.2 Å². The van der Waals surface area contributed by atoms with Crippen LogP contribution < -0.4 is 0 Å². The molecule has 0 aromatic heterocycles. The van der Waals surface area contributed by atoms with Crippen LogP contribution in [0, 0.1) is 17.0 Å². The standard InChI is InChI=1S/C10H11NO3/c1-3-10(12)8-6-7(2)4-5-9(8)11(13)14/h4-6H,3H2,1-2H3. The molecular formula is C10H11NO3. The highest BCUT2D eigenvalue weighted by atomic mass is 16.6. The van der Waals surface area contributed by atoms with Crippen molar-refractivity contribution in [1.29, 1.82) is 0 Å². The zero-order valence-electron chi connectivity index (χ0n) is 8.11. The van der Waals surface area contributed by atoms with Crippen LogP contribution in [0.4, 0.5) is 5.69 Å². The van der Waals surface area contributed by atoms with Gasteiger partial charge in [0.1, 0.15) is 0 Å². The van der Waals surface area contributed by atoms with Crippen molar-refractivity contribution in [3.05, 3.63) is 39.4 Å². The number of hydrogen-bond acceptors (Lipinski definition) is 3. The van der Waals surface area contributed by atoms with E-state index >= 15 is 0 Å². The summed E-state index contributed by atoms with van der Waals surface area (Å²) in [6.07, 6.45) is 0.282. The van der Waals surface area contributed by atoms with Gasteiger partial charge in [0.05, 0.1) is 10.5 Å². The van der Waals surface area contributed by atoms with E-state index in [9.17, 15) is 14.9 Å². The maximum Gasteiger partial charge on any atom is 0.280 e. The van der Waals surface area contributed by atoms with Crippen LogP contribution in [0.1, 0.15) is 29.3 Å². The van der Waals surface area contributed by atoms with Crippen molar-refractivity contribution in [2.24, 2.45) is 0 Å². The lowest BCUT2D eigenvalue weighted by Crippen LogP contribution is -2.02. The minimum absolute atomic E-state index is 0.109. The van der Waals surface area contributed by atoms with Gasteiger partial charge in [-0.05, 0) is 18.6 Å². The number of ketones is 1. The zero-order valence-corrected chi connectivity index (χ0v) is 8.11.